The van der Waals surface area contributed by atoms with Gasteiger partial charge in [-0.1, -0.05) is 15.2 Å². The van der Waals surface area contributed by atoms with E-state index in [1.165, 1.54) is 0 Å². The molecule has 0 saturated heterocycles. The monoisotopic (exact) mass is 752 g/mol. The van der Waals surface area contributed by atoms with E-state index < -0.39 is 33.2 Å². The molecule has 0 aliphatic carbocycles. The van der Waals surface area contributed by atoms with Crippen LogP contribution in [0.1, 0.15) is 99.8 Å². The number of amidine groups is 3. The molecule has 16 heteroatoms. The van der Waals surface area contributed by atoms with E-state index in [2.05, 4.69) is 0 Å². The average molecular weight is 753 g/mol. The second-order valence-corrected chi connectivity index (χ2v) is 18.2. The van der Waals surface area contributed by atoms with Gasteiger partial charge in [-0.15, -0.1) is 0 Å². The van der Waals surface area contributed by atoms with E-state index in [4.69, 9.17) is 14.2 Å². The van der Waals surface area contributed by atoms with Crippen molar-refractivity contribution < 1.29 is 44.0 Å². The summed E-state index contributed by atoms with van der Waals surface area (Å²) < 4.78 is 21.8. The van der Waals surface area contributed by atoms with Crippen molar-refractivity contribution in [1.82, 2.24) is 15.2 Å². The van der Waals surface area contributed by atoms with Crippen molar-refractivity contribution in [3.8, 4) is 34.5 Å². The van der Waals surface area contributed by atoms with Gasteiger partial charge in [0.1, 0.15) is 33.7 Å². The van der Waals surface area contributed by atoms with Crippen LogP contribution in [0.3, 0.4) is 0 Å². The predicted molar refractivity (Wildman–Crippen MR) is 197 cm³/mol. The molecule has 0 bridgehead atoms. The number of hydroxylamine groups is 9. The number of hydrogen-bond donors (Lipinski definition) is 0. The highest BCUT2D eigenvalue weighted by Gasteiger charge is 2.63. The van der Waals surface area contributed by atoms with Crippen LogP contribution in [-0.2, 0) is 15.6 Å². The number of hydrogen-bond acceptors (Lipinski definition) is 10. The van der Waals surface area contributed by atoms with Crippen molar-refractivity contribution in [1.29, 1.82) is 0 Å². The summed E-state index contributed by atoms with van der Waals surface area (Å²) >= 11 is 0. The van der Waals surface area contributed by atoms with Crippen LogP contribution in [0.5, 0.6) is 34.5 Å². The van der Waals surface area contributed by atoms with Crippen molar-refractivity contribution >= 4 is 34.6 Å². The summed E-state index contributed by atoms with van der Waals surface area (Å²) in [5.74, 6) is 0.914. The van der Waals surface area contributed by atoms with E-state index in [1.807, 2.05) is 4.90 Å². The zero-order valence-electron chi connectivity index (χ0n) is 32.8. The maximum atomic E-state index is 13.9. The lowest BCUT2D eigenvalue weighted by molar-refractivity contribution is -0.539. The van der Waals surface area contributed by atoms with Crippen LogP contribution in [0.25, 0.3) is 0 Å². The van der Waals surface area contributed by atoms with Crippen LogP contribution >= 0.6 is 0 Å². The van der Waals surface area contributed by atoms with E-state index in [9.17, 15) is 31.2 Å². The average Bonchev–Trinajstić information content (AvgIpc) is 3.36. The van der Waals surface area contributed by atoms with Crippen molar-refractivity contribution in [2.75, 3.05) is 4.90 Å². The van der Waals surface area contributed by atoms with Crippen LogP contribution in [0.2, 0.25) is 0 Å². The first-order valence-corrected chi connectivity index (χ1v) is 18.1. The van der Waals surface area contributed by atoms with Gasteiger partial charge in [-0.2, -0.15) is 0 Å². The molecule has 0 saturated carbocycles. The molecule has 55 heavy (non-hydrogen) atoms. The third-order valence-corrected chi connectivity index (χ3v) is 13.9. The van der Waals surface area contributed by atoms with Crippen LogP contribution in [0, 0.1) is 15.6 Å². The third kappa shape index (κ3) is 3.84. The van der Waals surface area contributed by atoms with Gasteiger partial charge in [-0.25, -0.2) is 0 Å². The summed E-state index contributed by atoms with van der Waals surface area (Å²) in [4.78, 5) is 1.86. The van der Waals surface area contributed by atoms with Gasteiger partial charge in [0, 0.05) is 15.6 Å². The number of anilines is 3. The molecule has 0 unspecified atom stereocenters. The normalized spacial score (nSPS) is 23.6. The largest absolute Gasteiger partial charge is 0.714 e. The number of benzene rings is 3. The summed E-state index contributed by atoms with van der Waals surface area (Å²) in [6.45, 7) is 20.4. The van der Waals surface area contributed by atoms with Crippen molar-refractivity contribution in [3.05, 3.63) is 68.7 Å². The quantitative estimate of drug-likeness (QED) is 0.136. The van der Waals surface area contributed by atoms with Gasteiger partial charge in [0.2, 0.25) is 0 Å². The van der Waals surface area contributed by atoms with E-state index in [0.717, 1.165) is 0 Å². The Kier molecular flexibility index (Phi) is 6.32. The van der Waals surface area contributed by atoms with Gasteiger partial charge < -0.3 is 29.8 Å². The second kappa shape index (κ2) is 9.85. The Morgan fingerprint density at radius 1 is 0.418 bits per heavy atom. The van der Waals surface area contributed by atoms with Crippen molar-refractivity contribution in [2.24, 2.45) is 0 Å². The molecule has 9 rings (SSSR count). The lowest BCUT2D eigenvalue weighted by Crippen LogP contribution is -2.53. The van der Waals surface area contributed by atoms with Crippen molar-refractivity contribution in [3.63, 3.8) is 0 Å². The molecule has 6 heterocycles. The number of ether oxygens (including phenoxy) is 3. The standard InChI is InChI=1S/C39H42N7O9/c1-34(2)35(3,4)42(48)31(41(34)47)19-13-22-28-23(14-19)54-25-16-21(33-45(51)38(9,10)39(11,12)46(33)52)18-27-30(25)40(28)29-24(53-22)15-20(17-26(29)55-27)32-43(49)36(5,6)37(7,8)44(32)50/h13-18H,1-12H3. The Hall–Kier alpha value is -5.45. The van der Waals surface area contributed by atoms with Gasteiger partial charge in [0.25, 0.3) is 0 Å². The van der Waals surface area contributed by atoms with Gasteiger partial charge in [-0.05, 0) is 119 Å². The zero-order valence-corrected chi connectivity index (χ0v) is 32.8. The summed E-state index contributed by atoms with van der Waals surface area (Å²) in [6.07, 6.45) is 0. The maximum absolute atomic E-state index is 13.9. The molecule has 3 aromatic carbocycles. The molecule has 287 valence electrons. The lowest BCUT2D eigenvalue weighted by atomic mass is 9.84. The molecule has 0 atom stereocenters. The summed E-state index contributed by atoms with van der Waals surface area (Å²) in [7, 11) is 0. The Morgan fingerprint density at radius 3 is 0.782 bits per heavy atom. The van der Waals surface area contributed by atoms with Gasteiger partial charge >= 0.3 is 17.5 Å². The van der Waals surface area contributed by atoms with Crippen LogP contribution in [0.4, 0.5) is 17.1 Å². The lowest BCUT2D eigenvalue weighted by Gasteiger charge is -2.42. The Labute approximate surface area is 317 Å². The van der Waals surface area contributed by atoms with Crippen LogP contribution < -0.4 is 19.1 Å². The number of nitrogens with zero attached hydrogens (tertiary/aromatic N) is 7. The van der Waals surface area contributed by atoms with E-state index in [0.29, 0.717) is 46.5 Å². The molecule has 3 aromatic rings. The Morgan fingerprint density at radius 2 is 0.618 bits per heavy atom. The fraction of sp³-hybridized carbons (Fsp3) is 0.462. The zero-order chi connectivity index (χ0) is 40.1. The van der Waals surface area contributed by atoms with E-state index in [-0.39, 0.29) is 68.7 Å². The van der Waals surface area contributed by atoms with E-state index in [1.54, 1.807) is 119 Å². The van der Waals surface area contributed by atoms with Gasteiger partial charge in [0.15, 0.2) is 51.1 Å². The van der Waals surface area contributed by atoms with Crippen LogP contribution in [0.15, 0.2) is 36.4 Å². The molecule has 0 spiro atoms. The molecule has 3 radical (unpaired) electrons. The summed E-state index contributed by atoms with van der Waals surface area (Å²) in [5.41, 5.74) is -4.67. The highest BCUT2D eigenvalue weighted by atomic mass is 16.6. The number of rotatable bonds is 3. The molecule has 0 aromatic heterocycles. The molecule has 0 amide bonds. The summed E-state index contributed by atoms with van der Waals surface area (Å²) in [6, 6.07) is 9.54. The first-order valence-electron chi connectivity index (χ1n) is 18.1. The minimum absolute atomic E-state index is 0.145. The fourth-order valence-corrected chi connectivity index (χ4v) is 7.98. The smallest absolute Gasteiger partial charge is 0.317 e. The highest BCUT2D eigenvalue weighted by molar-refractivity contribution is 6.07. The molecule has 0 fully saturated rings. The molecule has 6 aliphatic heterocycles. The summed E-state index contributed by atoms with van der Waals surface area (Å²) in [5, 5.41) is 85.2. The fourth-order valence-electron chi connectivity index (χ4n) is 7.98. The highest BCUT2D eigenvalue weighted by Crippen LogP contribution is 2.67. The molecular weight excluding hydrogens is 710 g/mol. The minimum atomic E-state index is -1.11. The molecular formula is C39H42N7O9. The molecule has 16 nitrogen and oxygen atoms in total. The Balaban J connectivity index is 1.31. The molecule has 6 aliphatic rings. The molecule has 0 N–H and O–H groups in total. The maximum Gasteiger partial charge on any atom is 0.317 e. The Bertz CT molecular complexity index is 2090. The predicted octanol–water partition coefficient (Wildman–Crippen LogP) is 6.90. The minimum Gasteiger partial charge on any atom is -0.714 e. The SMILES string of the molecule is CC1(C)N([O])C(c2cc3c4c(c2)Oc2cc(C5=[N+]([O-])C(C)(C)C(C)(C)N5[O])cc5c2N4c2c(cc(C4=[N+]([O-])C(C)(C)C(C)(C)N4[O])cc2O5)O3)=[N+]([O-])C1(C)C. The van der Waals surface area contributed by atoms with Crippen molar-refractivity contribution in [2.45, 2.75) is 116 Å². The van der Waals surface area contributed by atoms with Crippen LogP contribution in [-0.4, -0.2) is 80.1 Å². The first kappa shape index (κ1) is 35.3. The first-order chi connectivity index (χ1) is 25.3. The van der Waals surface area contributed by atoms with Gasteiger partial charge in [0.05, 0.1) is 16.7 Å². The van der Waals surface area contributed by atoms with Gasteiger partial charge in [-0.3, -0.25) is 19.1 Å². The van der Waals surface area contributed by atoms with E-state index >= 15 is 0 Å². The topological polar surface area (TPSA) is 179 Å². The second-order valence-electron chi connectivity index (χ2n) is 18.2. The third-order valence-electron chi connectivity index (χ3n) is 13.9.